The second-order valence-electron chi connectivity index (χ2n) is 8.96. The van der Waals surface area contributed by atoms with Crippen LogP contribution in [0, 0.1) is 18.3 Å². The molecule has 0 aliphatic heterocycles. The number of thiophene rings is 1. The van der Waals surface area contributed by atoms with Gasteiger partial charge in [0.2, 0.25) is 0 Å². The molecule has 5 heteroatoms. The Morgan fingerprint density at radius 1 is 1.38 bits per heavy atom. The summed E-state index contributed by atoms with van der Waals surface area (Å²) in [4.78, 5) is 20.9. The number of aryl methyl sites for hydroxylation is 2. The second kappa shape index (κ2) is 7.77. The van der Waals surface area contributed by atoms with Crippen molar-refractivity contribution in [3.05, 3.63) is 63.3 Å². The van der Waals surface area contributed by atoms with Gasteiger partial charge in [0.1, 0.15) is 4.83 Å². The smallest absolute Gasteiger partial charge is 0.267 e. The van der Waals surface area contributed by atoms with Crippen LogP contribution in [0.25, 0.3) is 15.9 Å². The van der Waals surface area contributed by atoms with E-state index in [0.717, 1.165) is 51.6 Å². The van der Waals surface area contributed by atoms with Crippen LogP contribution in [-0.4, -0.2) is 15.3 Å². The first kappa shape index (κ1) is 20.4. The molecule has 0 saturated carbocycles. The Hall–Kier alpha value is -1.85. The maximum Gasteiger partial charge on any atom is 0.267 e. The zero-order chi connectivity index (χ0) is 20.8. The predicted molar refractivity (Wildman–Crippen MR) is 126 cm³/mol. The van der Waals surface area contributed by atoms with Crippen LogP contribution in [0.5, 0.6) is 0 Å². The molecule has 2 aromatic heterocycles. The number of fused-ring (bicyclic) bond motifs is 3. The van der Waals surface area contributed by atoms with Crippen molar-refractivity contribution in [2.75, 3.05) is 5.75 Å². The third kappa shape index (κ3) is 3.82. The van der Waals surface area contributed by atoms with Gasteiger partial charge in [-0.05, 0) is 60.8 Å². The van der Waals surface area contributed by atoms with Gasteiger partial charge in [-0.3, -0.25) is 9.36 Å². The number of aromatic nitrogens is 2. The number of nitrogens with zero attached hydrogens (tertiary/aromatic N) is 2. The van der Waals surface area contributed by atoms with E-state index in [-0.39, 0.29) is 11.0 Å². The molecule has 0 amide bonds. The zero-order valence-corrected chi connectivity index (χ0v) is 19.3. The molecule has 29 heavy (non-hydrogen) atoms. The van der Waals surface area contributed by atoms with E-state index in [1.54, 1.807) is 27.7 Å². The molecule has 0 unspecified atom stereocenters. The molecule has 1 atom stereocenters. The van der Waals surface area contributed by atoms with Gasteiger partial charge >= 0.3 is 0 Å². The van der Waals surface area contributed by atoms with Gasteiger partial charge < -0.3 is 0 Å². The van der Waals surface area contributed by atoms with Crippen molar-refractivity contribution in [1.82, 2.24) is 9.55 Å². The van der Waals surface area contributed by atoms with Crippen LogP contribution in [-0.2, 0) is 12.8 Å². The van der Waals surface area contributed by atoms with Crippen LogP contribution >= 0.6 is 23.1 Å². The van der Waals surface area contributed by atoms with E-state index >= 15 is 0 Å². The summed E-state index contributed by atoms with van der Waals surface area (Å²) in [6, 6.07) is 8.10. The molecule has 0 bridgehead atoms. The normalized spacial score (nSPS) is 16.8. The van der Waals surface area contributed by atoms with Gasteiger partial charge in [-0.2, -0.15) is 0 Å². The van der Waals surface area contributed by atoms with Gasteiger partial charge in [-0.25, -0.2) is 4.98 Å². The van der Waals surface area contributed by atoms with Crippen molar-refractivity contribution in [2.45, 2.75) is 52.1 Å². The van der Waals surface area contributed by atoms with Crippen molar-refractivity contribution in [3.8, 4) is 5.69 Å². The number of rotatable bonds is 4. The summed E-state index contributed by atoms with van der Waals surface area (Å²) in [6.07, 6.45) is 5.02. The lowest BCUT2D eigenvalue weighted by molar-refractivity contribution is 0.218. The van der Waals surface area contributed by atoms with Gasteiger partial charge in [0, 0.05) is 10.6 Å². The Kier molecular flexibility index (Phi) is 5.47. The summed E-state index contributed by atoms with van der Waals surface area (Å²) in [6.45, 7) is 12.8. The highest BCUT2D eigenvalue weighted by Crippen LogP contribution is 2.42. The Balaban J connectivity index is 1.92. The Bertz CT molecular complexity index is 1130. The third-order valence-corrected chi connectivity index (χ3v) is 7.95. The molecule has 0 fully saturated rings. The van der Waals surface area contributed by atoms with Crippen LogP contribution < -0.4 is 5.56 Å². The summed E-state index contributed by atoms with van der Waals surface area (Å²) in [5.41, 5.74) is 3.62. The van der Waals surface area contributed by atoms with E-state index < -0.39 is 0 Å². The average molecular weight is 425 g/mol. The minimum Gasteiger partial charge on any atom is -0.268 e. The van der Waals surface area contributed by atoms with Crippen LogP contribution in [0.3, 0.4) is 0 Å². The van der Waals surface area contributed by atoms with Crippen molar-refractivity contribution in [2.24, 2.45) is 11.3 Å². The first-order chi connectivity index (χ1) is 13.8. The van der Waals surface area contributed by atoms with Crippen LogP contribution in [0.15, 0.2) is 46.9 Å². The van der Waals surface area contributed by atoms with Crippen LogP contribution in [0.4, 0.5) is 0 Å². The Morgan fingerprint density at radius 3 is 2.86 bits per heavy atom. The van der Waals surface area contributed by atoms with Crippen LogP contribution in [0.2, 0.25) is 0 Å². The zero-order valence-electron chi connectivity index (χ0n) is 17.6. The van der Waals surface area contributed by atoms with Crippen molar-refractivity contribution in [1.29, 1.82) is 0 Å². The second-order valence-corrected chi connectivity index (χ2v) is 11.0. The Labute approximate surface area is 180 Å². The predicted octanol–water partition coefficient (Wildman–Crippen LogP) is 6.18. The topological polar surface area (TPSA) is 34.9 Å². The summed E-state index contributed by atoms with van der Waals surface area (Å²) < 4.78 is 1.80. The fourth-order valence-corrected chi connectivity index (χ4v) is 6.26. The molecule has 0 spiro atoms. The first-order valence-corrected chi connectivity index (χ1v) is 12.0. The van der Waals surface area contributed by atoms with Gasteiger partial charge in [0.25, 0.3) is 5.56 Å². The summed E-state index contributed by atoms with van der Waals surface area (Å²) >= 11 is 3.29. The summed E-state index contributed by atoms with van der Waals surface area (Å²) in [5, 5.41) is 1.58. The highest BCUT2D eigenvalue weighted by molar-refractivity contribution is 7.99. The molecule has 1 aliphatic carbocycles. The van der Waals surface area contributed by atoms with Gasteiger partial charge in [-0.15, -0.1) is 17.9 Å². The number of benzene rings is 1. The maximum absolute atomic E-state index is 13.7. The van der Waals surface area contributed by atoms with Crippen LogP contribution in [0.1, 0.15) is 43.2 Å². The van der Waals surface area contributed by atoms with Gasteiger partial charge in [0.05, 0.1) is 11.1 Å². The molecular weight excluding hydrogens is 396 g/mol. The molecule has 4 rings (SSSR count). The molecule has 3 nitrogen and oxygen atoms in total. The largest absolute Gasteiger partial charge is 0.268 e. The lowest BCUT2D eigenvalue weighted by Gasteiger charge is -2.33. The SMILES string of the molecule is C=CCSc1nc2sc3c(c2c(=O)n1-c1cccc(C)c1)CC[C@H](C(C)(C)C)C3. The fraction of sp³-hybridized carbons (Fsp3) is 0.417. The molecule has 1 aliphatic rings. The number of hydrogen-bond acceptors (Lipinski definition) is 4. The van der Waals surface area contributed by atoms with E-state index in [1.165, 1.54) is 10.4 Å². The monoisotopic (exact) mass is 424 g/mol. The third-order valence-electron chi connectivity index (χ3n) is 5.87. The minimum absolute atomic E-state index is 0.0684. The number of thioether (sulfide) groups is 1. The van der Waals surface area contributed by atoms with Crippen molar-refractivity contribution >= 4 is 33.3 Å². The highest BCUT2D eigenvalue weighted by atomic mass is 32.2. The molecule has 3 aromatic rings. The standard InChI is InChI=1S/C24H28N2OS2/c1-6-12-28-23-25-21-20(22(27)26(23)17-9-7-8-15(2)13-17)18-11-10-16(24(3,4)5)14-19(18)29-21/h6-9,13,16H,1,10-12,14H2,2-5H3/t16-/m0/s1. The Morgan fingerprint density at radius 2 is 2.17 bits per heavy atom. The fourth-order valence-electron chi connectivity index (χ4n) is 4.17. The average Bonchev–Trinajstić information content (AvgIpc) is 3.03. The molecule has 0 radical (unpaired) electrons. The van der Waals surface area contributed by atoms with Crippen molar-refractivity contribution < 1.29 is 0 Å². The van der Waals surface area contributed by atoms with E-state index in [4.69, 9.17) is 4.98 Å². The highest BCUT2D eigenvalue weighted by Gasteiger charge is 2.32. The van der Waals surface area contributed by atoms with Gasteiger partial charge in [-0.1, -0.05) is 50.7 Å². The van der Waals surface area contributed by atoms with E-state index in [0.29, 0.717) is 5.92 Å². The van der Waals surface area contributed by atoms with E-state index in [2.05, 4.69) is 46.4 Å². The summed E-state index contributed by atoms with van der Waals surface area (Å²) in [7, 11) is 0. The maximum atomic E-state index is 13.7. The number of hydrogen-bond donors (Lipinski definition) is 0. The summed E-state index contributed by atoms with van der Waals surface area (Å²) in [5.74, 6) is 1.37. The molecule has 0 saturated heterocycles. The van der Waals surface area contributed by atoms with E-state index in [9.17, 15) is 4.79 Å². The molecule has 2 heterocycles. The molecule has 152 valence electrons. The molecule has 0 N–H and O–H groups in total. The molecule has 1 aromatic carbocycles. The van der Waals surface area contributed by atoms with E-state index in [1.807, 2.05) is 18.2 Å². The lowest BCUT2D eigenvalue weighted by Crippen LogP contribution is -2.27. The minimum atomic E-state index is 0.0684. The first-order valence-electron chi connectivity index (χ1n) is 10.2. The van der Waals surface area contributed by atoms with Gasteiger partial charge in [0.15, 0.2) is 5.16 Å². The van der Waals surface area contributed by atoms with Crippen molar-refractivity contribution in [3.63, 3.8) is 0 Å². The molecular formula is C24H28N2OS2. The quantitative estimate of drug-likeness (QED) is 0.285. The lowest BCUT2D eigenvalue weighted by atomic mass is 9.72.